The molecule has 0 saturated heterocycles. The third kappa shape index (κ3) is 56.2. The number of rotatable bonds is 61. The Bertz CT molecular complexity index is 1010. The molecular weight excluding hydrogens is 863 g/mol. The summed E-state index contributed by atoms with van der Waals surface area (Å²) in [6.45, 7) is 4.97. The van der Waals surface area contributed by atoms with Crippen LogP contribution in [0.3, 0.4) is 0 Å². The molecule has 0 bridgehead atoms. The van der Waals surface area contributed by atoms with Crippen molar-refractivity contribution >= 4 is 11.9 Å². The van der Waals surface area contributed by atoms with Crippen LogP contribution in [0, 0.1) is 0 Å². The summed E-state index contributed by atoms with van der Waals surface area (Å²) in [5, 5.41) is 23.2. The summed E-state index contributed by atoms with van der Waals surface area (Å²) in [5.41, 5.74) is 0. The molecule has 418 valence electrons. The normalized spacial score (nSPS) is 12.5. The summed E-state index contributed by atoms with van der Waals surface area (Å²) in [4.78, 5) is 24.4. The zero-order valence-electron chi connectivity index (χ0n) is 47.8. The molecule has 0 aromatic rings. The molecule has 2 atom stereocenters. The predicted octanol–water partition coefficient (Wildman–Crippen LogP) is 20.3. The Kier molecular flexibility index (Phi) is 59.4. The fraction of sp³-hybridized carbons (Fsp3) is 0.969. The molecule has 0 aromatic heterocycles. The maximum atomic E-state index is 12.4. The van der Waals surface area contributed by atoms with E-state index < -0.39 is 12.1 Å². The van der Waals surface area contributed by atoms with Gasteiger partial charge in [0, 0.05) is 12.8 Å². The van der Waals surface area contributed by atoms with Gasteiger partial charge in [-0.2, -0.15) is 0 Å². The minimum Gasteiger partial charge on any atom is -0.466 e. The van der Waals surface area contributed by atoms with Gasteiger partial charge in [0.2, 0.25) is 5.91 Å². The monoisotopic (exact) mass is 990 g/mol. The highest BCUT2D eigenvalue weighted by Gasteiger charge is 2.20. The zero-order chi connectivity index (χ0) is 50.7. The first kappa shape index (κ1) is 68.9. The maximum Gasteiger partial charge on any atom is 0.305 e. The second-order valence-electron chi connectivity index (χ2n) is 22.5. The number of aliphatic hydroxyl groups is 2. The third-order valence-electron chi connectivity index (χ3n) is 15.4. The molecular formula is C64H127NO5. The SMILES string of the molecule is CCCCCCCCCCCCCC(=O)OCCCCCCCCCCCCCCCCCCCCCCCCCCCCCCCCCCC(=O)NC(CO)C(O)CCCCCCCCCCCC. The molecule has 6 nitrogen and oxygen atoms in total. The van der Waals surface area contributed by atoms with Crippen molar-refractivity contribution in [3.05, 3.63) is 0 Å². The Balaban J connectivity index is 3.28. The largest absolute Gasteiger partial charge is 0.466 e. The molecule has 0 aliphatic carbocycles. The van der Waals surface area contributed by atoms with Crippen molar-refractivity contribution in [2.75, 3.05) is 13.2 Å². The van der Waals surface area contributed by atoms with Gasteiger partial charge in [0.25, 0.3) is 0 Å². The number of carbonyl (C=O) groups is 2. The van der Waals surface area contributed by atoms with Crippen LogP contribution in [0.15, 0.2) is 0 Å². The van der Waals surface area contributed by atoms with Crippen molar-refractivity contribution in [2.24, 2.45) is 0 Å². The molecule has 0 radical (unpaired) electrons. The molecule has 6 heteroatoms. The van der Waals surface area contributed by atoms with E-state index in [2.05, 4.69) is 19.2 Å². The lowest BCUT2D eigenvalue weighted by Crippen LogP contribution is -2.45. The van der Waals surface area contributed by atoms with Gasteiger partial charge >= 0.3 is 5.97 Å². The van der Waals surface area contributed by atoms with Crippen LogP contribution in [-0.4, -0.2) is 47.4 Å². The van der Waals surface area contributed by atoms with Crippen molar-refractivity contribution in [2.45, 2.75) is 386 Å². The van der Waals surface area contributed by atoms with Crippen molar-refractivity contribution in [3.8, 4) is 0 Å². The quantitative estimate of drug-likeness (QED) is 0.0417. The van der Waals surface area contributed by atoms with Crippen LogP contribution < -0.4 is 5.32 Å². The summed E-state index contributed by atoms with van der Waals surface area (Å²) in [6.07, 6.45) is 71.5. The number of nitrogens with one attached hydrogen (secondary N) is 1. The maximum absolute atomic E-state index is 12.4. The Morgan fingerprint density at radius 2 is 0.586 bits per heavy atom. The lowest BCUT2D eigenvalue weighted by Gasteiger charge is -2.22. The van der Waals surface area contributed by atoms with Crippen LogP contribution in [0.5, 0.6) is 0 Å². The van der Waals surface area contributed by atoms with E-state index in [4.69, 9.17) is 4.74 Å². The van der Waals surface area contributed by atoms with E-state index in [1.54, 1.807) is 0 Å². The Labute approximate surface area is 438 Å². The first-order valence-corrected chi connectivity index (χ1v) is 32.3. The van der Waals surface area contributed by atoms with Gasteiger partial charge < -0.3 is 20.3 Å². The molecule has 0 fully saturated rings. The van der Waals surface area contributed by atoms with Crippen molar-refractivity contribution in [1.29, 1.82) is 0 Å². The van der Waals surface area contributed by atoms with Gasteiger partial charge in [0.1, 0.15) is 0 Å². The molecule has 0 aliphatic rings. The average Bonchev–Trinajstić information content (AvgIpc) is 3.36. The van der Waals surface area contributed by atoms with Gasteiger partial charge in [-0.25, -0.2) is 0 Å². The first-order valence-electron chi connectivity index (χ1n) is 32.3. The predicted molar refractivity (Wildman–Crippen MR) is 306 cm³/mol. The molecule has 0 rings (SSSR count). The number of amides is 1. The summed E-state index contributed by atoms with van der Waals surface area (Å²) in [7, 11) is 0. The van der Waals surface area contributed by atoms with E-state index in [1.165, 1.54) is 302 Å². The fourth-order valence-corrected chi connectivity index (χ4v) is 10.5. The third-order valence-corrected chi connectivity index (χ3v) is 15.4. The van der Waals surface area contributed by atoms with Crippen LogP contribution in [0.2, 0.25) is 0 Å². The summed E-state index contributed by atoms with van der Waals surface area (Å²) < 4.78 is 5.47. The van der Waals surface area contributed by atoms with E-state index >= 15 is 0 Å². The number of aliphatic hydroxyl groups excluding tert-OH is 2. The molecule has 0 saturated carbocycles. The Morgan fingerprint density at radius 3 is 0.871 bits per heavy atom. The molecule has 3 N–H and O–H groups in total. The zero-order valence-corrected chi connectivity index (χ0v) is 47.8. The van der Waals surface area contributed by atoms with Crippen LogP contribution in [0.4, 0.5) is 0 Å². The number of hydrogen-bond acceptors (Lipinski definition) is 5. The summed E-state index contributed by atoms with van der Waals surface area (Å²) in [6, 6.07) is -0.534. The van der Waals surface area contributed by atoms with Gasteiger partial charge in [0.15, 0.2) is 0 Å². The first-order chi connectivity index (χ1) is 34.5. The van der Waals surface area contributed by atoms with Gasteiger partial charge in [-0.1, -0.05) is 335 Å². The minimum atomic E-state index is -0.657. The van der Waals surface area contributed by atoms with Crippen molar-refractivity contribution < 1.29 is 24.5 Å². The molecule has 0 heterocycles. The molecule has 0 spiro atoms. The summed E-state index contributed by atoms with van der Waals surface area (Å²) >= 11 is 0. The minimum absolute atomic E-state index is 0.0216. The number of carbonyl (C=O) groups excluding carboxylic acids is 2. The van der Waals surface area contributed by atoms with E-state index in [0.29, 0.717) is 25.9 Å². The second kappa shape index (κ2) is 60.4. The van der Waals surface area contributed by atoms with Crippen molar-refractivity contribution in [3.63, 3.8) is 0 Å². The highest BCUT2D eigenvalue weighted by Crippen LogP contribution is 2.19. The molecule has 0 aliphatic heterocycles. The average molecular weight is 991 g/mol. The van der Waals surface area contributed by atoms with E-state index in [-0.39, 0.29) is 18.5 Å². The van der Waals surface area contributed by atoms with E-state index in [1.807, 2.05) is 0 Å². The topological polar surface area (TPSA) is 95.9 Å². The Hall–Kier alpha value is -1.14. The smallest absolute Gasteiger partial charge is 0.305 e. The molecule has 70 heavy (non-hydrogen) atoms. The Morgan fingerprint density at radius 1 is 0.343 bits per heavy atom. The number of unbranched alkanes of at least 4 members (excludes halogenated alkanes) is 50. The van der Waals surface area contributed by atoms with Gasteiger partial charge in [0.05, 0.1) is 25.4 Å². The molecule has 2 unspecified atom stereocenters. The van der Waals surface area contributed by atoms with Gasteiger partial charge in [-0.05, 0) is 25.7 Å². The van der Waals surface area contributed by atoms with Crippen molar-refractivity contribution in [1.82, 2.24) is 5.32 Å². The molecule has 1 amide bonds. The van der Waals surface area contributed by atoms with Crippen LogP contribution in [0.25, 0.3) is 0 Å². The standard InChI is InChI=1S/C64H127NO5/c1-3-5-7-9-11-13-37-42-46-50-54-58-64(69)70-59-55-51-47-43-39-36-34-32-30-28-26-24-22-20-18-16-15-17-19-21-23-25-27-29-31-33-35-38-41-45-49-53-57-63(68)65-61(60-66)62(67)56-52-48-44-40-14-12-10-8-6-4-2/h61-62,66-67H,3-60H2,1-2H3,(H,65,68). The van der Waals surface area contributed by atoms with E-state index in [9.17, 15) is 19.8 Å². The van der Waals surface area contributed by atoms with Gasteiger partial charge in [-0.15, -0.1) is 0 Å². The number of hydrogen-bond donors (Lipinski definition) is 3. The summed E-state index contributed by atoms with van der Waals surface area (Å²) in [5.74, 6) is -0.00835. The highest BCUT2D eigenvalue weighted by atomic mass is 16.5. The number of esters is 1. The lowest BCUT2D eigenvalue weighted by atomic mass is 10.0. The lowest BCUT2D eigenvalue weighted by molar-refractivity contribution is -0.143. The highest BCUT2D eigenvalue weighted by molar-refractivity contribution is 5.76. The van der Waals surface area contributed by atoms with Gasteiger partial charge in [-0.3, -0.25) is 9.59 Å². The fourth-order valence-electron chi connectivity index (χ4n) is 10.5. The van der Waals surface area contributed by atoms with Crippen LogP contribution >= 0.6 is 0 Å². The van der Waals surface area contributed by atoms with Crippen LogP contribution in [0.1, 0.15) is 373 Å². The van der Waals surface area contributed by atoms with Crippen LogP contribution in [-0.2, 0) is 14.3 Å². The second-order valence-corrected chi connectivity index (χ2v) is 22.5. The number of ether oxygens (including phenoxy) is 1. The van der Waals surface area contributed by atoms with E-state index in [0.717, 1.165) is 38.5 Å². The molecule has 0 aromatic carbocycles.